The second-order valence-electron chi connectivity index (χ2n) is 5.32. The number of hydrogen-bond donors (Lipinski definition) is 4. The van der Waals surface area contributed by atoms with E-state index in [1.54, 1.807) is 6.07 Å². The SMILES string of the molecule is CC1NNCC1CCCNc1cc(Br)cc(F)c1C(N)=O. The number of nitrogens with one attached hydrogen (secondary N) is 3. The summed E-state index contributed by atoms with van der Waals surface area (Å²) in [4.78, 5) is 11.3. The first-order valence-electron chi connectivity index (χ1n) is 7.00. The molecule has 0 aliphatic carbocycles. The van der Waals surface area contributed by atoms with Gasteiger partial charge in [-0.3, -0.25) is 15.6 Å². The molecule has 0 bridgehead atoms. The molecule has 116 valence electrons. The zero-order valence-electron chi connectivity index (χ0n) is 11.9. The van der Waals surface area contributed by atoms with Gasteiger partial charge in [0.2, 0.25) is 0 Å². The van der Waals surface area contributed by atoms with E-state index in [1.165, 1.54) is 6.07 Å². The zero-order valence-corrected chi connectivity index (χ0v) is 13.5. The van der Waals surface area contributed by atoms with Crippen LogP contribution in [0.15, 0.2) is 16.6 Å². The molecule has 7 heteroatoms. The van der Waals surface area contributed by atoms with Gasteiger partial charge >= 0.3 is 0 Å². The third kappa shape index (κ3) is 4.15. The number of rotatable bonds is 6. The summed E-state index contributed by atoms with van der Waals surface area (Å²) in [5, 5.41) is 3.10. The monoisotopic (exact) mass is 358 g/mol. The fourth-order valence-electron chi connectivity index (χ4n) is 2.55. The molecule has 1 fully saturated rings. The maximum Gasteiger partial charge on any atom is 0.253 e. The van der Waals surface area contributed by atoms with E-state index in [4.69, 9.17) is 5.73 Å². The standard InChI is InChI=1S/C14H20BrFN4O/c1-8-9(7-19-20-8)3-2-4-18-12-6-10(15)5-11(16)13(12)14(17)21/h5-6,8-9,18-20H,2-4,7H2,1H3,(H2,17,21). The molecule has 0 radical (unpaired) electrons. The molecular formula is C14H20BrFN4O. The fraction of sp³-hybridized carbons (Fsp3) is 0.500. The van der Waals surface area contributed by atoms with E-state index < -0.39 is 11.7 Å². The van der Waals surface area contributed by atoms with Crippen LogP contribution in [-0.4, -0.2) is 25.0 Å². The Balaban J connectivity index is 1.92. The smallest absolute Gasteiger partial charge is 0.253 e. The number of halogens is 2. The lowest BCUT2D eigenvalue weighted by Crippen LogP contribution is -2.28. The van der Waals surface area contributed by atoms with E-state index >= 15 is 0 Å². The number of hydrogen-bond acceptors (Lipinski definition) is 4. The first-order valence-corrected chi connectivity index (χ1v) is 7.79. The molecule has 2 rings (SSSR count). The summed E-state index contributed by atoms with van der Waals surface area (Å²) < 4.78 is 14.4. The number of carbonyl (C=O) groups is 1. The van der Waals surface area contributed by atoms with Gasteiger partial charge in [-0.2, -0.15) is 0 Å². The molecule has 1 aliphatic rings. The summed E-state index contributed by atoms with van der Waals surface area (Å²) in [5.41, 5.74) is 11.9. The van der Waals surface area contributed by atoms with Gasteiger partial charge < -0.3 is 11.1 Å². The third-order valence-electron chi connectivity index (χ3n) is 3.77. The number of carbonyl (C=O) groups excluding carboxylic acids is 1. The molecule has 1 saturated heterocycles. The Bertz CT molecular complexity index is 526. The van der Waals surface area contributed by atoms with E-state index in [-0.39, 0.29) is 5.56 Å². The Morgan fingerprint density at radius 1 is 1.57 bits per heavy atom. The first-order chi connectivity index (χ1) is 9.99. The normalized spacial score (nSPS) is 21.5. The van der Waals surface area contributed by atoms with E-state index in [0.717, 1.165) is 19.4 Å². The van der Waals surface area contributed by atoms with Crippen LogP contribution < -0.4 is 21.9 Å². The van der Waals surface area contributed by atoms with E-state index in [1.807, 2.05) is 0 Å². The lowest BCUT2D eigenvalue weighted by molar-refractivity contribution is 0.0997. The highest BCUT2D eigenvalue weighted by molar-refractivity contribution is 9.10. The molecule has 2 unspecified atom stereocenters. The molecule has 1 aromatic carbocycles. The molecule has 2 atom stereocenters. The number of anilines is 1. The van der Waals surface area contributed by atoms with Gasteiger partial charge in [-0.25, -0.2) is 4.39 Å². The van der Waals surface area contributed by atoms with Crippen LogP contribution in [0.4, 0.5) is 10.1 Å². The molecule has 0 aromatic heterocycles. The summed E-state index contributed by atoms with van der Waals surface area (Å²) in [6.45, 7) is 3.77. The van der Waals surface area contributed by atoms with Crippen molar-refractivity contribution in [1.82, 2.24) is 10.9 Å². The van der Waals surface area contributed by atoms with Gasteiger partial charge in [-0.05, 0) is 37.8 Å². The Hall–Kier alpha value is -1.18. The van der Waals surface area contributed by atoms with Crippen LogP contribution >= 0.6 is 15.9 Å². The van der Waals surface area contributed by atoms with Gasteiger partial charge in [0.15, 0.2) is 0 Å². The molecule has 1 aliphatic heterocycles. The highest BCUT2D eigenvalue weighted by Gasteiger charge is 2.22. The quantitative estimate of drug-likeness (QED) is 0.586. The highest BCUT2D eigenvalue weighted by Crippen LogP contribution is 2.25. The van der Waals surface area contributed by atoms with Gasteiger partial charge in [0.25, 0.3) is 5.91 Å². The molecule has 1 amide bonds. The fourth-order valence-corrected chi connectivity index (χ4v) is 2.98. The lowest BCUT2D eigenvalue weighted by atomic mass is 9.98. The van der Waals surface area contributed by atoms with Gasteiger partial charge in [0.1, 0.15) is 5.82 Å². The summed E-state index contributed by atoms with van der Waals surface area (Å²) in [7, 11) is 0. The maximum atomic E-state index is 13.8. The number of nitrogens with two attached hydrogens (primary N) is 1. The van der Waals surface area contributed by atoms with Crippen LogP contribution in [0.25, 0.3) is 0 Å². The second-order valence-corrected chi connectivity index (χ2v) is 6.23. The van der Waals surface area contributed by atoms with Crippen molar-refractivity contribution in [3.8, 4) is 0 Å². The van der Waals surface area contributed by atoms with Crippen molar-refractivity contribution in [1.29, 1.82) is 0 Å². The Labute approximate surface area is 131 Å². The van der Waals surface area contributed by atoms with Crippen molar-refractivity contribution in [3.63, 3.8) is 0 Å². The van der Waals surface area contributed by atoms with Crippen molar-refractivity contribution in [2.45, 2.75) is 25.8 Å². The average Bonchev–Trinajstić information content (AvgIpc) is 2.79. The molecule has 1 heterocycles. The van der Waals surface area contributed by atoms with Crippen LogP contribution in [0, 0.1) is 11.7 Å². The van der Waals surface area contributed by atoms with E-state index in [9.17, 15) is 9.18 Å². The minimum Gasteiger partial charge on any atom is -0.384 e. The van der Waals surface area contributed by atoms with Crippen molar-refractivity contribution < 1.29 is 9.18 Å². The molecule has 1 aromatic rings. The van der Waals surface area contributed by atoms with Crippen LogP contribution in [0.1, 0.15) is 30.1 Å². The van der Waals surface area contributed by atoms with Gasteiger partial charge in [-0.1, -0.05) is 15.9 Å². The summed E-state index contributed by atoms with van der Waals surface area (Å²) in [5.74, 6) is -0.792. The van der Waals surface area contributed by atoms with E-state index in [0.29, 0.717) is 28.7 Å². The number of amides is 1. The van der Waals surface area contributed by atoms with Crippen molar-refractivity contribution >= 4 is 27.5 Å². The van der Waals surface area contributed by atoms with Gasteiger partial charge in [0.05, 0.1) is 11.3 Å². The van der Waals surface area contributed by atoms with Crippen LogP contribution in [0.5, 0.6) is 0 Å². The molecule has 5 nitrogen and oxygen atoms in total. The summed E-state index contributed by atoms with van der Waals surface area (Å²) >= 11 is 3.22. The molecule has 5 N–H and O–H groups in total. The van der Waals surface area contributed by atoms with E-state index in [2.05, 4.69) is 39.0 Å². The summed E-state index contributed by atoms with van der Waals surface area (Å²) in [6.07, 6.45) is 1.99. The molecule has 0 spiro atoms. The maximum absolute atomic E-state index is 13.8. The van der Waals surface area contributed by atoms with Crippen LogP contribution in [0.2, 0.25) is 0 Å². The first kappa shape index (κ1) is 16.2. The zero-order chi connectivity index (χ0) is 15.4. The number of hydrazine groups is 1. The molecule has 21 heavy (non-hydrogen) atoms. The lowest BCUT2D eigenvalue weighted by Gasteiger charge is -2.15. The Kier molecular flexibility index (Phi) is 5.55. The minimum atomic E-state index is -0.764. The second kappa shape index (κ2) is 7.20. The van der Waals surface area contributed by atoms with Crippen molar-refractivity contribution in [2.24, 2.45) is 11.7 Å². The minimum absolute atomic E-state index is 0.0873. The predicted octanol–water partition coefficient (Wildman–Crippen LogP) is 1.99. The number of benzene rings is 1. The third-order valence-corrected chi connectivity index (χ3v) is 4.23. The number of primary amides is 1. The van der Waals surface area contributed by atoms with Crippen molar-refractivity contribution in [2.75, 3.05) is 18.4 Å². The predicted molar refractivity (Wildman–Crippen MR) is 84.4 cm³/mol. The van der Waals surface area contributed by atoms with Crippen LogP contribution in [-0.2, 0) is 0 Å². The molecule has 0 saturated carbocycles. The van der Waals surface area contributed by atoms with Crippen LogP contribution in [0.3, 0.4) is 0 Å². The van der Waals surface area contributed by atoms with Gasteiger partial charge in [0, 0.05) is 23.6 Å². The molecular weight excluding hydrogens is 339 g/mol. The highest BCUT2D eigenvalue weighted by atomic mass is 79.9. The topological polar surface area (TPSA) is 79.2 Å². The average molecular weight is 359 g/mol. The van der Waals surface area contributed by atoms with Gasteiger partial charge in [-0.15, -0.1) is 0 Å². The van der Waals surface area contributed by atoms with Crippen molar-refractivity contribution in [3.05, 3.63) is 28.0 Å². The Morgan fingerprint density at radius 3 is 2.95 bits per heavy atom. The Morgan fingerprint density at radius 2 is 2.33 bits per heavy atom. The summed E-state index contributed by atoms with van der Waals surface area (Å²) in [6, 6.07) is 3.36. The largest absolute Gasteiger partial charge is 0.384 e.